The van der Waals surface area contributed by atoms with Gasteiger partial charge in [0.2, 0.25) is 0 Å². The molecule has 9 rings (SSSR count). The molecule has 0 bridgehead atoms. The molecule has 13 heteroatoms. The predicted octanol–water partition coefficient (Wildman–Crippen LogP) is 7.63. The second-order valence-electron chi connectivity index (χ2n) is 14.1. The molecule has 0 unspecified atom stereocenters. The second kappa shape index (κ2) is 15.2. The topological polar surface area (TPSA) is 164 Å². The number of carboxylic acid groups (broad SMARTS) is 1. The Morgan fingerprint density at radius 3 is 2.17 bits per heavy atom. The molecule has 9 aromatic rings. The Balaban J connectivity index is 1.31. The average molecular weight is 767 g/mol. The number of hydrogen-bond donors (Lipinski definition) is 3. The van der Waals surface area contributed by atoms with Crippen molar-refractivity contribution in [1.29, 1.82) is 0 Å². The standard InChI is InChI=1S/C45H38N10O3/c1-53(44(57)58)28-30-24-32(27-46-26-30)31-18-19-39-36(25-31)40(43-48-37-20-21-47-41(42(37)49-43)38-29-54(52-50-38)22-11-23-56)51-55(39)45(33-12-5-2-6-13-33,34-14-7-3-8-15-34)35-16-9-4-10-17-35/h2-10,12-21,24-27,29,56H,11,22-23,28H2,1H3,(H,48,49)(H,57,58). The first-order valence-corrected chi connectivity index (χ1v) is 18.9. The number of carbonyl (C=O) groups is 1. The highest BCUT2D eigenvalue weighted by Gasteiger charge is 2.41. The summed E-state index contributed by atoms with van der Waals surface area (Å²) in [4.78, 5) is 30.8. The van der Waals surface area contributed by atoms with Gasteiger partial charge in [-0.25, -0.2) is 14.5 Å². The van der Waals surface area contributed by atoms with Crippen LogP contribution in [-0.2, 0) is 18.6 Å². The van der Waals surface area contributed by atoms with Crippen molar-refractivity contribution in [1.82, 2.24) is 49.6 Å². The Morgan fingerprint density at radius 2 is 1.52 bits per heavy atom. The van der Waals surface area contributed by atoms with Gasteiger partial charge in [0.1, 0.15) is 28.1 Å². The number of aromatic amines is 1. The third-order valence-corrected chi connectivity index (χ3v) is 10.4. The Labute approximate surface area is 332 Å². The van der Waals surface area contributed by atoms with Crippen LogP contribution in [0.1, 0.15) is 28.7 Å². The molecule has 1 amide bonds. The summed E-state index contributed by atoms with van der Waals surface area (Å²) in [5.41, 5.74) is 8.60. The van der Waals surface area contributed by atoms with Crippen LogP contribution < -0.4 is 0 Å². The minimum Gasteiger partial charge on any atom is -0.465 e. The zero-order valence-electron chi connectivity index (χ0n) is 31.5. The summed E-state index contributed by atoms with van der Waals surface area (Å²) in [7, 11) is 1.54. The third kappa shape index (κ3) is 6.42. The van der Waals surface area contributed by atoms with Gasteiger partial charge in [0.15, 0.2) is 5.82 Å². The summed E-state index contributed by atoms with van der Waals surface area (Å²) in [6.07, 6.45) is 6.54. The fraction of sp³-hybridized carbons (Fsp3) is 0.133. The van der Waals surface area contributed by atoms with E-state index in [0.717, 1.165) is 49.8 Å². The van der Waals surface area contributed by atoms with Crippen LogP contribution in [0.25, 0.3) is 56.0 Å². The molecule has 5 heterocycles. The number of hydrogen-bond acceptors (Lipinski definition) is 8. The minimum atomic E-state index is -1.02. The lowest BCUT2D eigenvalue weighted by atomic mass is 9.77. The van der Waals surface area contributed by atoms with Crippen molar-refractivity contribution in [3.63, 3.8) is 0 Å². The SMILES string of the molecule is CN(Cc1cncc(-c2ccc3c(c2)c(-c2nc4c(-c5cn(CCCO)nn5)nccc4[nH]2)nn3C(c2ccccc2)(c2ccccc2)c2ccccc2)c1)C(=O)O. The molecule has 13 nitrogen and oxygen atoms in total. The molecule has 4 aromatic carbocycles. The van der Waals surface area contributed by atoms with Crippen LogP contribution in [0.3, 0.4) is 0 Å². The largest absolute Gasteiger partial charge is 0.465 e. The molecule has 0 fully saturated rings. The molecule has 5 aromatic heterocycles. The molecule has 0 aliphatic heterocycles. The van der Waals surface area contributed by atoms with Crippen LogP contribution in [0.4, 0.5) is 4.79 Å². The number of aliphatic hydroxyl groups excluding tert-OH is 1. The van der Waals surface area contributed by atoms with E-state index in [9.17, 15) is 15.0 Å². The lowest BCUT2D eigenvalue weighted by Gasteiger charge is -2.37. The number of rotatable bonds is 12. The number of aliphatic hydroxyl groups is 1. The Bertz CT molecular complexity index is 2770. The highest BCUT2D eigenvalue weighted by Crippen LogP contribution is 2.44. The summed E-state index contributed by atoms with van der Waals surface area (Å²) < 4.78 is 3.80. The van der Waals surface area contributed by atoms with Gasteiger partial charge in [0.25, 0.3) is 0 Å². The van der Waals surface area contributed by atoms with E-state index in [2.05, 4.69) is 121 Å². The van der Waals surface area contributed by atoms with Crippen molar-refractivity contribution in [2.24, 2.45) is 0 Å². The van der Waals surface area contributed by atoms with Crippen LogP contribution >= 0.6 is 0 Å². The van der Waals surface area contributed by atoms with Gasteiger partial charge in [0.05, 0.1) is 23.8 Å². The fourth-order valence-corrected chi connectivity index (χ4v) is 7.69. The van der Waals surface area contributed by atoms with Crippen molar-refractivity contribution < 1.29 is 15.0 Å². The van der Waals surface area contributed by atoms with Crippen LogP contribution in [0, 0.1) is 0 Å². The van der Waals surface area contributed by atoms with E-state index in [4.69, 9.17) is 10.1 Å². The first kappa shape index (κ1) is 36.1. The van der Waals surface area contributed by atoms with Gasteiger partial charge in [-0.15, -0.1) is 5.10 Å². The fourth-order valence-electron chi connectivity index (χ4n) is 7.69. The molecule has 286 valence electrons. The summed E-state index contributed by atoms with van der Waals surface area (Å²) in [6, 6.07) is 41.3. The van der Waals surface area contributed by atoms with Gasteiger partial charge in [0, 0.05) is 49.7 Å². The van der Waals surface area contributed by atoms with Crippen LogP contribution in [-0.4, -0.2) is 79.6 Å². The zero-order chi connectivity index (χ0) is 39.6. The molecule has 58 heavy (non-hydrogen) atoms. The number of aromatic nitrogens is 9. The summed E-state index contributed by atoms with van der Waals surface area (Å²) >= 11 is 0. The maximum atomic E-state index is 11.6. The normalized spacial score (nSPS) is 11.7. The summed E-state index contributed by atoms with van der Waals surface area (Å²) in [5.74, 6) is 0.538. The first-order valence-electron chi connectivity index (χ1n) is 18.9. The van der Waals surface area contributed by atoms with E-state index in [1.165, 1.54) is 11.9 Å². The van der Waals surface area contributed by atoms with Crippen LogP contribution in [0.2, 0.25) is 0 Å². The zero-order valence-corrected chi connectivity index (χ0v) is 31.5. The smallest absolute Gasteiger partial charge is 0.407 e. The van der Waals surface area contributed by atoms with E-state index in [-0.39, 0.29) is 13.2 Å². The van der Waals surface area contributed by atoms with Crippen molar-refractivity contribution in [2.45, 2.75) is 25.0 Å². The quantitative estimate of drug-likeness (QED) is 0.106. The average Bonchev–Trinajstić information content (AvgIpc) is 4.02. The maximum Gasteiger partial charge on any atom is 0.407 e. The highest BCUT2D eigenvalue weighted by atomic mass is 16.4. The number of pyridine rings is 2. The molecule has 3 N–H and O–H groups in total. The number of nitrogens with one attached hydrogen (secondary N) is 1. The van der Waals surface area contributed by atoms with Gasteiger partial charge in [-0.05, 0) is 58.5 Å². The molecule has 0 saturated heterocycles. The van der Waals surface area contributed by atoms with Crippen molar-refractivity contribution >= 4 is 28.0 Å². The summed E-state index contributed by atoms with van der Waals surface area (Å²) in [5, 5.41) is 33.9. The number of fused-ring (bicyclic) bond motifs is 2. The van der Waals surface area contributed by atoms with E-state index >= 15 is 0 Å². The van der Waals surface area contributed by atoms with E-state index < -0.39 is 11.6 Å². The molecule has 0 aliphatic rings. The predicted molar refractivity (Wildman–Crippen MR) is 221 cm³/mol. The third-order valence-electron chi connectivity index (χ3n) is 10.4. The van der Waals surface area contributed by atoms with E-state index in [1.54, 1.807) is 23.3 Å². The number of benzene rings is 4. The van der Waals surface area contributed by atoms with Gasteiger partial charge < -0.3 is 20.1 Å². The first-order chi connectivity index (χ1) is 28.4. The molecule has 0 aliphatic carbocycles. The molecular weight excluding hydrogens is 729 g/mol. The molecular formula is C45H38N10O3. The molecule has 0 saturated carbocycles. The number of imidazole rings is 1. The number of amides is 1. The Kier molecular flexibility index (Phi) is 9.47. The van der Waals surface area contributed by atoms with Crippen LogP contribution in [0.5, 0.6) is 0 Å². The number of H-pyrrole nitrogens is 1. The highest BCUT2D eigenvalue weighted by molar-refractivity contribution is 5.98. The van der Waals surface area contributed by atoms with Gasteiger partial charge in [-0.2, -0.15) is 5.10 Å². The Morgan fingerprint density at radius 1 is 0.828 bits per heavy atom. The molecule has 0 spiro atoms. The lowest BCUT2D eigenvalue weighted by molar-refractivity contribution is 0.153. The second-order valence-corrected chi connectivity index (χ2v) is 14.1. The minimum absolute atomic E-state index is 0.0538. The van der Waals surface area contributed by atoms with Crippen molar-refractivity contribution in [3.8, 4) is 34.0 Å². The summed E-state index contributed by atoms with van der Waals surface area (Å²) in [6.45, 7) is 0.774. The van der Waals surface area contributed by atoms with Gasteiger partial charge in [-0.3, -0.25) is 14.6 Å². The van der Waals surface area contributed by atoms with Crippen LogP contribution in [0.15, 0.2) is 146 Å². The van der Waals surface area contributed by atoms with Crippen molar-refractivity contribution in [2.75, 3.05) is 13.7 Å². The number of nitrogens with zero attached hydrogens (tertiary/aromatic N) is 9. The maximum absolute atomic E-state index is 11.6. The lowest BCUT2D eigenvalue weighted by Crippen LogP contribution is -2.38. The van der Waals surface area contributed by atoms with E-state index in [1.807, 2.05) is 36.5 Å². The van der Waals surface area contributed by atoms with Gasteiger partial charge in [-0.1, -0.05) is 102 Å². The van der Waals surface area contributed by atoms with E-state index in [0.29, 0.717) is 41.4 Å². The molecule has 0 radical (unpaired) electrons. The van der Waals surface area contributed by atoms with Crippen molar-refractivity contribution in [3.05, 3.63) is 168 Å². The number of aryl methyl sites for hydroxylation is 1. The molecule has 0 atom stereocenters. The van der Waals surface area contributed by atoms with Gasteiger partial charge >= 0.3 is 6.09 Å². The monoisotopic (exact) mass is 766 g/mol. The Hall–Kier alpha value is -7.51.